The van der Waals surface area contributed by atoms with E-state index in [9.17, 15) is 10.1 Å². The first-order chi connectivity index (χ1) is 16.2. The van der Waals surface area contributed by atoms with Gasteiger partial charge in [0, 0.05) is 35.8 Å². The minimum Gasteiger partial charge on any atom is -0.351 e. The lowest BCUT2D eigenvalue weighted by atomic mass is 10.1. The molecule has 0 bridgehead atoms. The molecule has 0 spiro atoms. The van der Waals surface area contributed by atoms with Gasteiger partial charge < -0.3 is 14.8 Å². The maximum Gasteiger partial charge on any atom is 0.261 e. The molecule has 5 heteroatoms. The van der Waals surface area contributed by atoms with E-state index in [4.69, 9.17) is 0 Å². The lowest BCUT2D eigenvalue weighted by Gasteiger charge is -2.26. The van der Waals surface area contributed by atoms with Crippen molar-refractivity contribution < 1.29 is 4.79 Å². The number of likely N-dealkylation sites (tertiary alicyclic amines) is 1. The van der Waals surface area contributed by atoms with Crippen molar-refractivity contribution in [3.63, 3.8) is 0 Å². The van der Waals surface area contributed by atoms with E-state index in [2.05, 4.69) is 52.2 Å². The SMILES string of the molecule is CCCCCCCCNC(=O)/C(C#N)=C/c1cn(CCCN2CCCCC2)c2ccccc12. The van der Waals surface area contributed by atoms with Crippen molar-refractivity contribution >= 4 is 22.9 Å². The van der Waals surface area contributed by atoms with Crippen LogP contribution in [0.15, 0.2) is 36.0 Å². The molecule has 2 heterocycles. The Labute approximate surface area is 199 Å². The van der Waals surface area contributed by atoms with Crippen molar-refractivity contribution in [2.75, 3.05) is 26.2 Å². The van der Waals surface area contributed by atoms with Gasteiger partial charge in [-0.3, -0.25) is 4.79 Å². The Morgan fingerprint density at radius 1 is 1.03 bits per heavy atom. The first-order valence-electron chi connectivity index (χ1n) is 12.9. The van der Waals surface area contributed by atoms with Gasteiger partial charge in [0.2, 0.25) is 0 Å². The summed E-state index contributed by atoms with van der Waals surface area (Å²) in [5.74, 6) is -0.270. The molecule has 5 nitrogen and oxygen atoms in total. The van der Waals surface area contributed by atoms with Crippen molar-refractivity contribution in [2.24, 2.45) is 0 Å². The molecule has 0 saturated carbocycles. The molecule has 1 aliphatic heterocycles. The summed E-state index contributed by atoms with van der Waals surface area (Å²) in [6, 6.07) is 10.4. The van der Waals surface area contributed by atoms with Crippen LogP contribution in [0.3, 0.4) is 0 Å². The van der Waals surface area contributed by atoms with Crippen LogP contribution in [0.1, 0.15) is 76.7 Å². The molecule has 2 aromatic rings. The van der Waals surface area contributed by atoms with Crippen molar-refractivity contribution in [3.05, 3.63) is 41.6 Å². The Balaban J connectivity index is 1.60. The Morgan fingerprint density at radius 3 is 2.58 bits per heavy atom. The number of carbonyl (C=O) groups excluding carboxylic acids is 1. The minimum absolute atomic E-state index is 0.178. The summed E-state index contributed by atoms with van der Waals surface area (Å²) in [4.78, 5) is 15.2. The zero-order valence-electron chi connectivity index (χ0n) is 20.3. The Bertz CT molecular complexity index is 946. The monoisotopic (exact) mass is 448 g/mol. The molecule has 0 unspecified atom stereocenters. The average Bonchev–Trinajstić information content (AvgIpc) is 3.20. The number of fused-ring (bicyclic) bond motifs is 1. The van der Waals surface area contributed by atoms with Crippen LogP contribution in [0.4, 0.5) is 0 Å². The highest BCUT2D eigenvalue weighted by atomic mass is 16.1. The Morgan fingerprint density at radius 2 is 1.79 bits per heavy atom. The van der Waals surface area contributed by atoms with Crippen molar-refractivity contribution in [2.45, 2.75) is 77.7 Å². The Kier molecular flexibility index (Phi) is 10.5. The number of nitrogens with one attached hydrogen (secondary N) is 1. The second-order valence-electron chi connectivity index (χ2n) is 9.24. The fourth-order valence-corrected chi connectivity index (χ4v) is 4.73. The highest BCUT2D eigenvalue weighted by Crippen LogP contribution is 2.24. The lowest BCUT2D eigenvalue weighted by Crippen LogP contribution is -2.31. The quantitative estimate of drug-likeness (QED) is 0.236. The normalized spacial score (nSPS) is 15.0. The van der Waals surface area contributed by atoms with Gasteiger partial charge in [0.15, 0.2) is 0 Å². The predicted molar refractivity (Wildman–Crippen MR) is 137 cm³/mol. The van der Waals surface area contributed by atoms with E-state index in [0.717, 1.165) is 48.8 Å². The fraction of sp³-hybridized carbons (Fsp3) is 0.571. The van der Waals surface area contributed by atoms with E-state index in [1.165, 1.54) is 58.0 Å². The highest BCUT2D eigenvalue weighted by Gasteiger charge is 2.13. The van der Waals surface area contributed by atoms with Crippen molar-refractivity contribution in [1.82, 2.24) is 14.8 Å². The van der Waals surface area contributed by atoms with Gasteiger partial charge in [-0.15, -0.1) is 0 Å². The van der Waals surface area contributed by atoms with E-state index in [1.807, 2.05) is 6.07 Å². The van der Waals surface area contributed by atoms with E-state index >= 15 is 0 Å². The minimum atomic E-state index is -0.270. The number of aryl methyl sites for hydroxylation is 1. The molecule has 1 aromatic carbocycles. The molecule has 3 rings (SSSR count). The molecular weight excluding hydrogens is 408 g/mol. The van der Waals surface area contributed by atoms with Gasteiger partial charge in [-0.05, 0) is 57.5 Å². The number of unbranched alkanes of at least 4 members (excludes halogenated alkanes) is 5. The summed E-state index contributed by atoms with van der Waals surface area (Å²) >= 11 is 0. The maximum atomic E-state index is 12.6. The molecule has 178 valence electrons. The van der Waals surface area contributed by atoms with E-state index in [0.29, 0.717) is 6.54 Å². The summed E-state index contributed by atoms with van der Waals surface area (Å²) in [6.45, 7) is 7.35. The number of nitriles is 1. The summed E-state index contributed by atoms with van der Waals surface area (Å²) in [6.07, 6.45) is 16.0. The molecule has 0 atom stereocenters. The van der Waals surface area contributed by atoms with Crippen molar-refractivity contribution in [1.29, 1.82) is 5.26 Å². The number of hydrogen-bond donors (Lipinski definition) is 1. The lowest BCUT2D eigenvalue weighted by molar-refractivity contribution is -0.117. The van der Waals surface area contributed by atoms with Gasteiger partial charge in [0.05, 0.1) is 0 Å². The van der Waals surface area contributed by atoms with Crippen LogP contribution in [0, 0.1) is 11.3 Å². The molecule has 1 aromatic heterocycles. The molecule has 1 saturated heterocycles. The number of aromatic nitrogens is 1. The van der Waals surface area contributed by atoms with Crippen LogP contribution in [0.2, 0.25) is 0 Å². The summed E-state index contributed by atoms with van der Waals surface area (Å²) < 4.78 is 2.27. The third-order valence-electron chi connectivity index (χ3n) is 6.62. The molecule has 1 amide bonds. The van der Waals surface area contributed by atoms with Crippen molar-refractivity contribution in [3.8, 4) is 6.07 Å². The fourth-order valence-electron chi connectivity index (χ4n) is 4.73. The third kappa shape index (κ3) is 7.75. The van der Waals surface area contributed by atoms with E-state index < -0.39 is 0 Å². The molecule has 1 aliphatic rings. The third-order valence-corrected chi connectivity index (χ3v) is 6.62. The molecule has 1 N–H and O–H groups in total. The maximum absolute atomic E-state index is 12.6. The summed E-state index contributed by atoms with van der Waals surface area (Å²) in [5, 5.41) is 13.6. The number of hydrogen-bond acceptors (Lipinski definition) is 3. The smallest absolute Gasteiger partial charge is 0.261 e. The molecule has 1 fully saturated rings. The molecule has 0 aliphatic carbocycles. The predicted octanol–water partition coefficient (Wildman–Crippen LogP) is 5.90. The topological polar surface area (TPSA) is 61.1 Å². The average molecular weight is 449 g/mol. The number of rotatable bonds is 13. The first kappa shape index (κ1) is 25.1. The number of benzene rings is 1. The van der Waals surface area contributed by atoms with Gasteiger partial charge in [-0.1, -0.05) is 63.6 Å². The van der Waals surface area contributed by atoms with Gasteiger partial charge in [-0.25, -0.2) is 0 Å². The first-order valence-corrected chi connectivity index (χ1v) is 12.9. The number of nitrogens with zero attached hydrogens (tertiary/aromatic N) is 3. The summed E-state index contributed by atoms with van der Waals surface area (Å²) in [7, 11) is 0. The second kappa shape index (κ2) is 13.9. The number of carbonyl (C=O) groups is 1. The van der Waals surface area contributed by atoms with Crippen LogP contribution >= 0.6 is 0 Å². The van der Waals surface area contributed by atoms with Crippen LogP contribution in [0.5, 0.6) is 0 Å². The zero-order valence-corrected chi connectivity index (χ0v) is 20.3. The van der Waals surface area contributed by atoms with Gasteiger partial charge in [0.25, 0.3) is 5.91 Å². The Hall–Kier alpha value is -2.58. The van der Waals surface area contributed by atoms with E-state index in [1.54, 1.807) is 6.08 Å². The number of para-hydroxylation sites is 1. The van der Waals surface area contributed by atoms with Crippen LogP contribution < -0.4 is 5.32 Å². The number of piperidine rings is 1. The largest absolute Gasteiger partial charge is 0.351 e. The summed E-state index contributed by atoms with van der Waals surface area (Å²) in [5.41, 5.74) is 2.28. The zero-order chi connectivity index (χ0) is 23.3. The van der Waals surface area contributed by atoms with Gasteiger partial charge in [0.1, 0.15) is 11.6 Å². The molecule has 33 heavy (non-hydrogen) atoms. The number of amides is 1. The molecular formula is C28H40N4O. The van der Waals surface area contributed by atoms with Gasteiger partial charge in [-0.2, -0.15) is 5.26 Å². The van der Waals surface area contributed by atoms with Crippen LogP contribution in [-0.4, -0.2) is 41.6 Å². The standard InChI is InChI=1S/C28H40N4O/c1-2-3-4-5-6-10-16-30-28(33)24(22-29)21-25-23-32(27-15-9-8-14-26(25)27)20-13-19-31-17-11-7-12-18-31/h8-9,14-15,21,23H,2-7,10-13,16-20H2,1H3,(H,30,33)/b24-21+. The van der Waals surface area contributed by atoms with Crippen LogP contribution in [0.25, 0.3) is 17.0 Å². The molecule has 0 radical (unpaired) electrons. The van der Waals surface area contributed by atoms with Gasteiger partial charge >= 0.3 is 0 Å². The highest BCUT2D eigenvalue weighted by molar-refractivity contribution is 6.04. The second-order valence-corrected chi connectivity index (χ2v) is 9.24. The van der Waals surface area contributed by atoms with Crippen LogP contribution in [-0.2, 0) is 11.3 Å². The van der Waals surface area contributed by atoms with E-state index in [-0.39, 0.29) is 11.5 Å².